The van der Waals surface area contributed by atoms with Gasteiger partial charge in [0, 0.05) is 4.47 Å². The van der Waals surface area contributed by atoms with Gasteiger partial charge in [0.15, 0.2) is 0 Å². The lowest BCUT2D eigenvalue weighted by molar-refractivity contribution is 1.59. The molecule has 13 heavy (non-hydrogen) atoms. The number of benzene rings is 2. The Morgan fingerprint density at radius 1 is 0.923 bits per heavy atom. The van der Waals surface area contributed by atoms with Crippen LogP contribution in [0.15, 0.2) is 59.0 Å². The van der Waals surface area contributed by atoms with Crippen molar-refractivity contribution >= 4 is 15.9 Å². The van der Waals surface area contributed by atoms with E-state index in [9.17, 15) is 0 Å². The van der Waals surface area contributed by atoms with Crippen molar-refractivity contribution in [2.45, 2.75) is 0 Å². The zero-order chi connectivity index (χ0) is 11.7. The van der Waals surface area contributed by atoms with Crippen LogP contribution in [0.1, 0.15) is 4.11 Å². The van der Waals surface area contributed by atoms with E-state index in [1.54, 1.807) is 24.3 Å². The second-order valence-electron chi connectivity index (χ2n) is 2.64. The molecule has 0 fully saturated rings. The molecule has 0 aliphatic rings. The summed E-state index contributed by atoms with van der Waals surface area (Å²) in [4.78, 5) is 0. The molecule has 0 aliphatic carbocycles. The van der Waals surface area contributed by atoms with E-state index in [-0.39, 0.29) is 12.1 Å². The third-order valence-corrected chi connectivity index (χ3v) is 2.24. The van der Waals surface area contributed by atoms with Crippen LogP contribution in [0.4, 0.5) is 0 Å². The summed E-state index contributed by atoms with van der Waals surface area (Å²) in [5.41, 5.74) is 1.58. The van der Waals surface area contributed by atoms with Gasteiger partial charge < -0.3 is 0 Å². The summed E-state index contributed by atoms with van der Waals surface area (Å²) in [7, 11) is 0. The molecule has 0 nitrogen and oxygen atoms in total. The van der Waals surface area contributed by atoms with Gasteiger partial charge in [-0.25, -0.2) is 0 Å². The third-order valence-electron chi connectivity index (χ3n) is 1.74. The average Bonchev–Trinajstić information content (AvgIpc) is 2.22. The predicted octanol–water partition coefficient (Wildman–Crippen LogP) is 4.12. The molecule has 0 radical (unpaired) electrons. The molecule has 0 saturated carbocycles. The van der Waals surface area contributed by atoms with Gasteiger partial charge >= 0.3 is 0 Å². The quantitative estimate of drug-likeness (QED) is 0.698. The van der Waals surface area contributed by atoms with E-state index in [2.05, 4.69) is 15.9 Å². The SMILES string of the molecule is [2H]c1ccc(-c2ccc(Br)cc2[2H])cc1[2H]. The first kappa shape index (κ1) is 5.61. The normalized spacial score (nSPS) is 13.2. The number of rotatable bonds is 1. The van der Waals surface area contributed by atoms with Crippen LogP contribution in [0.3, 0.4) is 0 Å². The topological polar surface area (TPSA) is 0 Å². The molecule has 0 unspecified atom stereocenters. The molecule has 2 aromatic carbocycles. The summed E-state index contributed by atoms with van der Waals surface area (Å²) in [5.74, 6) is 0. The molecular formula is C12H9Br. The maximum absolute atomic E-state index is 7.84. The largest absolute Gasteiger partial charge is 0.0630 e. The van der Waals surface area contributed by atoms with E-state index in [1.807, 2.05) is 12.1 Å². The van der Waals surface area contributed by atoms with Crippen LogP contribution in [0.2, 0.25) is 0 Å². The Bertz CT molecular complexity index is 538. The van der Waals surface area contributed by atoms with Gasteiger partial charge in [-0.05, 0) is 23.3 Å². The summed E-state index contributed by atoms with van der Waals surface area (Å²) in [6.07, 6.45) is 0. The number of hydrogen-bond acceptors (Lipinski definition) is 0. The molecule has 0 atom stereocenters. The molecule has 0 aliphatic heterocycles. The molecule has 0 aromatic heterocycles. The van der Waals surface area contributed by atoms with Crippen molar-refractivity contribution < 1.29 is 4.11 Å². The van der Waals surface area contributed by atoms with Gasteiger partial charge in [0.2, 0.25) is 0 Å². The van der Waals surface area contributed by atoms with Crippen molar-refractivity contribution in [3.8, 4) is 11.1 Å². The minimum absolute atomic E-state index is 0.180. The second kappa shape index (κ2) is 3.75. The van der Waals surface area contributed by atoms with Crippen LogP contribution in [0.25, 0.3) is 11.1 Å². The molecule has 0 amide bonds. The van der Waals surface area contributed by atoms with Gasteiger partial charge in [0.25, 0.3) is 0 Å². The molecule has 64 valence electrons. The Kier molecular flexibility index (Phi) is 1.62. The highest BCUT2D eigenvalue weighted by Crippen LogP contribution is 2.20. The highest BCUT2D eigenvalue weighted by atomic mass is 79.9. The smallest absolute Gasteiger partial charge is 0.0622 e. The van der Waals surface area contributed by atoms with Crippen molar-refractivity contribution in [2.75, 3.05) is 0 Å². The van der Waals surface area contributed by atoms with E-state index in [4.69, 9.17) is 4.11 Å². The van der Waals surface area contributed by atoms with E-state index in [0.717, 1.165) is 15.6 Å². The molecule has 0 spiro atoms. The van der Waals surface area contributed by atoms with Crippen LogP contribution in [-0.4, -0.2) is 0 Å². The van der Waals surface area contributed by atoms with Crippen molar-refractivity contribution in [1.82, 2.24) is 0 Å². The molecule has 0 saturated heterocycles. The van der Waals surface area contributed by atoms with Crippen molar-refractivity contribution in [3.05, 3.63) is 59.0 Å². The summed E-state index contributed by atoms with van der Waals surface area (Å²) >= 11 is 3.31. The first-order valence-electron chi connectivity index (χ1n) is 5.42. The fraction of sp³-hybridized carbons (Fsp3) is 0. The van der Waals surface area contributed by atoms with Crippen LogP contribution in [0, 0.1) is 0 Å². The Hall–Kier alpha value is -1.08. The first-order chi connectivity index (χ1) is 7.58. The minimum atomic E-state index is 0.180. The molecule has 0 N–H and O–H groups in total. The van der Waals surface area contributed by atoms with Gasteiger partial charge in [0.05, 0.1) is 4.11 Å². The fourth-order valence-corrected chi connectivity index (χ4v) is 1.35. The Morgan fingerprint density at radius 2 is 1.85 bits per heavy atom. The van der Waals surface area contributed by atoms with E-state index in [0.29, 0.717) is 6.04 Å². The summed E-state index contributed by atoms with van der Waals surface area (Å²) in [6.45, 7) is 0. The summed E-state index contributed by atoms with van der Waals surface area (Å²) in [6, 6.07) is 11.2. The highest BCUT2D eigenvalue weighted by Gasteiger charge is 1.94. The zero-order valence-electron chi connectivity index (χ0n) is 9.84. The van der Waals surface area contributed by atoms with Crippen molar-refractivity contribution in [3.63, 3.8) is 0 Å². The van der Waals surface area contributed by atoms with Crippen molar-refractivity contribution in [2.24, 2.45) is 0 Å². The average molecular weight is 236 g/mol. The summed E-state index contributed by atoms with van der Waals surface area (Å²) in [5, 5.41) is 0. The van der Waals surface area contributed by atoms with Gasteiger partial charge in [-0.15, -0.1) is 0 Å². The lowest BCUT2D eigenvalue weighted by atomic mass is 10.1. The van der Waals surface area contributed by atoms with Gasteiger partial charge in [0.1, 0.15) is 0 Å². The lowest BCUT2D eigenvalue weighted by Crippen LogP contribution is -1.75. The third kappa shape index (κ3) is 1.99. The zero-order valence-corrected chi connectivity index (χ0v) is 8.43. The predicted molar refractivity (Wildman–Crippen MR) is 59.6 cm³/mol. The monoisotopic (exact) mass is 235 g/mol. The molecule has 0 bridgehead atoms. The second-order valence-corrected chi connectivity index (χ2v) is 3.56. The van der Waals surface area contributed by atoms with Crippen LogP contribution in [0.5, 0.6) is 0 Å². The Labute approximate surface area is 90.6 Å². The van der Waals surface area contributed by atoms with Crippen LogP contribution >= 0.6 is 15.9 Å². The van der Waals surface area contributed by atoms with E-state index in [1.165, 1.54) is 0 Å². The summed E-state index contributed by atoms with van der Waals surface area (Å²) < 4.78 is 23.7. The molecule has 1 heteroatoms. The van der Waals surface area contributed by atoms with Crippen molar-refractivity contribution in [1.29, 1.82) is 0 Å². The van der Waals surface area contributed by atoms with Gasteiger partial charge in [-0.3, -0.25) is 0 Å². The molecular weight excluding hydrogens is 224 g/mol. The first-order valence-corrected chi connectivity index (χ1v) is 4.71. The van der Waals surface area contributed by atoms with E-state index >= 15 is 0 Å². The van der Waals surface area contributed by atoms with Crippen LogP contribution in [-0.2, 0) is 0 Å². The number of halogens is 1. The van der Waals surface area contributed by atoms with Gasteiger partial charge in [-0.1, -0.05) is 58.3 Å². The lowest BCUT2D eigenvalue weighted by Gasteiger charge is -2.00. The fourth-order valence-electron chi connectivity index (χ4n) is 1.10. The maximum Gasteiger partial charge on any atom is 0.0630 e. The Morgan fingerprint density at radius 3 is 2.62 bits per heavy atom. The molecule has 2 aromatic rings. The standard InChI is InChI=1S/C12H9Br/c13-12-8-6-11(7-9-12)10-4-2-1-3-5-10/h1-9H/i1D,2D,6D. The number of hydrogen-bond donors (Lipinski definition) is 0. The van der Waals surface area contributed by atoms with Gasteiger partial charge in [-0.2, -0.15) is 0 Å². The Balaban J connectivity index is 2.54. The highest BCUT2D eigenvalue weighted by molar-refractivity contribution is 9.10. The maximum atomic E-state index is 7.84. The molecule has 2 rings (SSSR count). The van der Waals surface area contributed by atoms with E-state index < -0.39 is 0 Å². The minimum Gasteiger partial charge on any atom is -0.0622 e. The van der Waals surface area contributed by atoms with Crippen LogP contribution < -0.4 is 0 Å². The molecule has 0 heterocycles.